The largest absolute Gasteiger partial charge is 0.330 e. The molecular formula is C20H39N. The van der Waals surface area contributed by atoms with E-state index in [1.807, 2.05) is 0 Å². The van der Waals surface area contributed by atoms with Crippen molar-refractivity contribution in [3.05, 3.63) is 24.3 Å². The molecule has 0 atom stereocenters. The Morgan fingerprint density at radius 2 is 1.05 bits per heavy atom. The Morgan fingerprint density at radius 1 is 0.571 bits per heavy atom. The van der Waals surface area contributed by atoms with E-state index in [4.69, 9.17) is 5.73 Å². The maximum absolute atomic E-state index is 5.49. The van der Waals surface area contributed by atoms with Crippen LogP contribution in [0.2, 0.25) is 0 Å². The van der Waals surface area contributed by atoms with Gasteiger partial charge in [-0.25, -0.2) is 0 Å². The highest BCUT2D eigenvalue weighted by atomic mass is 14.5. The van der Waals surface area contributed by atoms with Crippen molar-refractivity contribution in [1.29, 1.82) is 0 Å². The van der Waals surface area contributed by atoms with Gasteiger partial charge in [0.15, 0.2) is 0 Å². The summed E-state index contributed by atoms with van der Waals surface area (Å²) in [6.07, 6.45) is 27.9. The summed E-state index contributed by atoms with van der Waals surface area (Å²) in [7, 11) is 0. The minimum absolute atomic E-state index is 0.863. The minimum Gasteiger partial charge on any atom is -0.330 e. The Kier molecular flexibility index (Phi) is 18.9. The Bertz CT molecular complexity index is 230. The van der Waals surface area contributed by atoms with E-state index < -0.39 is 0 Å². The van der Waals surface area contributed by atoms with Gasteiger partial charge in [0, 0.05) is 0 Å². The Hall–Kier alpha value is -0.560. The lowest BCUT2D eigenvalue weighted by Crippen LogP contribution is -1.97. The van der Waals surface area contributed by atoms with Gasteiger partial charge in [-0.3, -0.25) is 0 Å². The van der Waals surface area contributed by atoms with Crippen LogP contribution in [0.1, 0.15) is 96.8 Å². The molecule has 0 bridgehead atoms. The van der Waals surface area contributed by atoms with Gasteiger partial charge in [0.25, 0.3) is 0 Å². The van der Waals surface area contributed by atoms with Crippen molar-refractivity contribution in [2.75, 3.05) is 6.54 Å². The summed E-state index contributed by atoms with van der Waals surface area (Å²) in [6.45, 7) is 3.11. The summed E-state index contributed by atoms with van der Waals surface area (Å²) in [5, 5.41) is 0. The fraction of sp³-hybridized carbons (Fsp3) is 0.800. The van der Waals surface area contributed by atoms with E-state index in [0.29, 0.717) is 0 Å². The fourth-order valence-corrected chi connectivity index (χ4v) is 2.47. The predicted molar refractivity (Wildman–Crippen MR) is 97.6 cm³/mol. The van der Waals surface area contributed by atoms with Gasteiger partial charge < -0.3 is 5.73 Å². The van der Waals surface area contributed by atoms with E-state index in [1.165, 1.54) is 83.5 Å². The molecule has 1 nitrogen and oxygen atoms in total. The first-order valence-electron chi connectivity index (χ1n) is 9.42. The molecule has 0 aliphatic heterocycles. The van der Waals surface area contributed by atoms with Crippen LogP contribution in [0.25, 0.3) is 0 Å². The molecule has 0 aromatic rings. The smallest absolute Gasteiger partial charge is 0.00773 e. The third-order valence-electron chi connectivity index (χ3n) is 3.90. The van der Waals surface area contributed by atoms with Gasteiger partial charge in [-0.15, -0.1) is 0 Å². The van der Waals surface area contributed by atoms with Gasteiger partial charge in [0.05, 0.1) is 0 Å². The van der Waals surface area contributed by atoms with Gasteiger partial charge in [0.2, 0.25) is 0 Å². The second-order valence-corrected chi connectivity index (χ2v) is 6.08. The van der Waals surface area contributed by atoms with Crippen molar-refractivity contribution in [3.8, 4) is 0 Å². The van der Waals surface area contributed by atoms with Crippen LogP contribution in [-0.2, 0) is 0 Å². The Morgan fingerprint density at radius 3 is 1.57 bits per heavy atom. The molecule has 21 heavy (non-hydrogen) atoms. The first kappa shape index (κ1) is 20.4. The molecule has 0 unspecified atom stereocenters. The van der Waals surface area contributed by atoms with Gasteiger partial charge >= 0.3 is 0 Å². The molecule has 0 aliphatic carbocycles. The molecule has 0 fully saturated rings. The van der Waals surface area contributed by atoms with Crippen LogP contribution in [0, 0.1) is 0 Å². The summed E-state index contributed by atoms with van der Waals surface area (Å²) >= 11 is 0. The van der Waals surface area contributed by atoms with E-state index in [1.54, 1.807) is 0 Å². The molecule has 124 valence electrons. The lowest BCUT2D eigenvalue weighted by Gasteiger charge is -2.01. The summed E-state index contributed by atoms with van der Waals surface area (Å²) < 4.78 is 0. The lowest BCUT2D eigenvalue weighted by atomic mass is 10.1. The van der Waals surface area contributed by atoms with Crippen LogP contribution >= 0.6 is 0 Å². The van der Waals surface area contributed by atoms with Crippen LogP contribution in [0.4, 0.5) is 0 Å². The zero-order valence-corrected chi connectivity index (χ0v) is 14.5. The standard InChI is InChI=1S/C20H39N/c1-2-3-4-5-6-7-8-9-10-11-12-13-14-15-16-17-18-19-20-21/h5-6,8-9H,2-4,7,10-21H2,1H3. The van der Waals surface area contributed by atoms with Crippen molar-refractivity contribution in [2.45, 2.75) is 96.8 Å². The maximum atomic E-state index is 5.49. The molecule has 0 heterocycles. The summed E-state index contributed by atoms with van der Waals surface area (Å²) in [6, 6.07) is 0. The highest BCUT2D eigenvalue weighted by Crippen LogP contribution is 2.10. The summed E-state index contributed by atoms with van der Waals surface area (Å²) in [4.78, 5) is 0. The Labute approximate surface area is 134 Å². The number of rotatable bonds is 16. The van der Waals surface area contributed by atoms with Crippen LogP contribution < -0.4 is 5.73 Å². The van der Waals surface area contributed by atoms with Crippen molar-refractivity contribution in [1.82, 2.24) is 0 Å². The van der Waals surface area contributed by atoms with Crippen molar-refractivity contribution < 1.29 is 0 Å². The third kappa shape index (κ3) is 19.4. The quantitative estimate of drug-likeness (QED) is 0.254. The van der Waals surface area contributed by atoms with Crippen LogP contribution in [0.15, 0.2) is 24.3 Å². The molecular weight excluding hydrogens is 254 g/mol. The first-order chi connectivity index (χ1) is 10.4. The van der Waals surface area contributed by atoms with Crippen LogP contribution in [-0.4, -0.2) is 6.54 Å². The Balaban J connectivity index is 3.09. The average Bonchev–Trinajstić information content (AvgIpc) is 2.50. The van der Waals surface area contributed by atoms with E-state index in [2.05, 4.69) is 31.2 Å². The van der Waals surface area contributed by atoms with Crippen molar-refractivity contribution >= 4 is 0 Å². The second-order valence-electron chi connectivity index (χ2n) is 6.08. The van der Waals surface area contributed by atoms with E-state index in [0.717, 1.165) is 13.0 Å². The van der Waals surface area contributed by atoms with E-state index >= 15 is 0 Å². The molecule has 0 saturated carbocycles. The van der Waals surface area contributed by atoms with Crippen LogP contribution in [0.5, 0.6) is 0 Å². The molecule has 0 amide bonds. The zero-order chi connectivity index (χ0) is 15.4. The van der Waals surface area contributed by atoms with Gasteiger partial charge in [-0.05, 0) is 38.6 Å². The van der Waals surface area contributed by atoms with Gasteiger partial charge in [0.1, 0.15) is 0 Å². The van der Waals surface area contributed by atoms with Gasteiger partial charge in [-0.1, -0.05) is 89.0 Å². The summed E-state index contributed by atoms with van der Waals surface area (Å²) in [5.41, 5.74) is 5.49. The highest BCUT2D eigenvalue weighted by molar-refractivity contribution is 4.92. The number of allylic oxidation sites excluding steroid dienone is 4. The average molecular weight is 294 g/mol. The normalized spacial score (nSPS) is 11.9. The van der Waals surface area contributed by atoms with Gasteiger partial charge in [-0.2, -0.15) is 0 Å². The highest BCUT2D eigenvalue weighted by Gasteiger charge is 1.91. The number of unbranched alkanes of at least 4 members (excludes halogenated alkanes) is 11. The topological polar surface area (TPSA) is 26.0 Å². The number of hydrogen-bond acceptors (Lipinski definition) is 1. The monoisotopic (exact) mass is 293 g/mol. The predicted octanol–water partition coefficient (Wildman–Crippen LogP) is 6.54. The molecule has 0 rings (SSSR count). The third-order valence-corrected chi connectivity index (χ3v) is 3.90. The van der Waals surface area contributed by atoms with Crippen LogP contribution in [0.3, 0.4) is 0 Å². The molecule has 0 saturated heterocycles. The van der Waals surface area contributed by atoms with Crippen molar-refractivity contribution in [3.63, 3.8) is 0 Å². The fourth-order valence-electron chi connectivity index (χ4n) is 2.47. The maximum Gasteiger partial charge on any atom is -0.00773 e. The van der Waals surface area contributed by atoms with Crippen molar-refractivity contribution in [2.24, 2.45) is 5.73 Å². The molecule has 1 heteroatoms. The first-order valence-corrected chi connectivity index (χ1v) is 9.42. The van der Waals surface area contributed by atoms with E-state index in [-0.39, 0.29) is 0 Å². The zero-order valence-electron chi connectivity index (χ0n) is 14.5. The number of hydrogen-bond donors (Lipinski definition) is 1. The molecule has 0 aromatic carbocycles. The molecule has 0 radical (unpaired) electrons. The molecule has 0 aliphatic rings. The summed E-state index contributed by atoms with van der Waals surface area (Å²) in [5.74, 6) is 0. The molecule has 2 N–H and O–H groups in total. The lowest BCUT2D eigenvalue weighted by molar-refractivity contribution is 0.562. The molecule has 0 aromatic heterocycles. The second kappa shape index (κ2) is 19.4. The minimum atomic E-state index is 0.863. The SMILES string of the molecule is CCCCC=CCC=CCCCCCCCCCCCN. The number of nitrogens with two attached hydrogens (primary N) is 1. The van der Waals surface area contributed by atoms with E-state index in [9.17, 15) is 0 Å². The molecule has 0 spiro atoms.